The summed E-state index contributed by atoms with van der Waals surface area (Å²) < 4.78 is 0. The van der Waals surface area contributed by atoms with Gasteiger partial charge in [-0.2, -0.15) is 0 Å². The minimum absolute atomic E-state index is 0.140. The normalized spacial score (nSPS) is 16.2. The number of amides is 2. The Bertz CT molecular complexity index is 605. The van der Waals surface area contributed by atoms with Gasteiger partial charge in [-0.1, -0.05) is 32.0 Å². The Morgan fingerprint density at radius 3 is 2.46 bits per heavy atom. The number of carbonyl (C=O) groups excluding carboxylic acids is 2. The standard InChI is InChI=1S/C19H29N3O2/c1-13(2)16-8-6-7-14(3)17(16)20-18(23)19(24)22(5)15-9-11-21(4)12-10-15/h6-8,13,15H,9-12H2,1-5H3,(H,20,23). The summed E-state index contributed by atoms with van der Waals surface area (Å²) in [6, 6.07) is 6.07. The number of benzene rings is 1. The highest BCUT2D eigenvalue weighted by Gasteiger charge is 2.28. The average Bonchev–Trinajstić information content (AvgIpc) is 2.55. The number of anilines is 1. The van der Waals surface area contributed by atoms with Crippen molar-refractivity contribution in [1.82, 2.24) is 9.80 Å². The molecule has 0 aliphatic carbocycles. The summed E-state index contributed by atoms with van der Waals surface area (Å²) in [5.41, 5.74) is 2.80. The summed E-state index contributed by atoms with van der Waals surface area (Å²) in [5, 5.41) is 2.85. The molecule has 1 N–H and O–H groups in total. The van der Waals surface area contributed by atoms with Crippen molar-refractivity contribution in [2.24, 2.45) is 0 Å². The van der Waals surface area contributed by atoms with Crippen LogP contribution in [0.1, 0.15) is 43.7 Å². The first-order valence-electron chi connectivity index (χ1n) is 8.67. The second kappa shape index (κ2) is 7.79. The van der Waals surface area contributed by atoms with Gasteiger partial charge in [0.05, 0.1) is 0 Å². The molecule has 24 heavy (non-hydrogen) atoms. The molecular weight excluding hydrogens is 302 g/mol. The van der Waals surface area contributed by atoms with E-state index in [1.807, 2.05) is 25.1 Å². The largest absolute Gasteiger partial charge is 0.334 e. The van der Waals surface area contributed by atoms with Crippen LogP contribution >= 0.6 is 0 Å². The molecule has 1 saturated heterocycles. The van der Waals surface area contributed by atoms with E-state index in [0.717, 1.165) is 42.7 Å². The van der Waals surface area contributed by atoms with Gasteiger partial charge in [-0.05, 0) is 56.9 Å². The molecule has 0 unspecified atom stereocenters. The number of hydrogen-bond donors (Lipinski definition) is 1. The number of nitrogens with one attached hydrogen (secondary N) is 1. The molecule has 0 atom stereocenters. The molecule has 0 radical (unpaired) electrons. The van der Waals surface area contributed by atoms with Crippen molar-refractivity contribution in [1.29, 1.82) is 0 Å². The van der Waals surface area contributed by atoms with Crippen LogP contribution in [0.2, 0.25) is 0 Å². The van der Waals surface area contributed by atoms with E-state index in [2.05, 4.69) is 31.1 Å². The van der Waals surface area contributed by atoms with Gasteiger partial charge in [0.15, 0.2) is 0 Å². The van der Waals surface area contributed by atoms with Gasteiger partial charge in [0.2, 0.25) is 0 Å². The van der Waals surface area contributed by atoms with Gasteiger partial charge in [0.1, 0.15) is 0 Å². The summed E-state index contributed by atoms with van der Waals surface area (Å²) in [6.45, 7) is 8.03. The predicted octanol–water partition coefficient (Wildman–Crippen LogP) is 2.61. The Morgan fingerprint density at radius 1 is 1.25 bits per heavy atom. The molecule has 0 bridgehead atoms. The second-order valence-electron chi connectivity index (χ2n) is 7.10. The third-order valence-corrected chi connectivity index (χ3v) is 4.92. The van der Waals surface area contributed by atoms with E-state index in [1.165, 1.54) is 0 Å². The first-order chi connectivity index (χ1) is 11.3. The maximum absolute atomic E-state index is 12.5. The van der Waals surface area contributed by atoms with Crippen molar-refractivity contribution in [3.8, 4) is 0 Å². The summed E-state index contributed by atoms with van der Waals surface area (Å²) in [6.07, 6.45) is 1.82. The molecule has 2 rings (SSSR count). The van der Waals surface area contributed by atoms with Crippen LogP contribution in [-0.4, -0.2) is 54.8 Å². The van der Waals surface area contributed by atoms with Gasteiger partial charge in [-0.25, -0.2) is 0 Å². The van der Waals surface area contributed by atoms with E-state index in [9.17, 15) is 9.59 Å². The SMILES string of the molecule is Cc1cccc(C(C)C)c1NC(=O)C(=O)N(C)C1CCN(C)CC1. The average molecular weight is 331 g/mol. The summed E-state index contributed by atoms with van der Waals surface area (Å²) in [5.74, 6) is -0.725. The molecule has 1 aromatic carbocycles. The van der Waals surface area contributed by atoms with Crippen molar-refractivity contribution < 1.29 is 9.59 Å². The van der Waals surface area contributed by atoms with Gasteiger partial charge >= 0.3 is 11.8 Å². The Kier molecular flexibility index (Phi) is 5.99. The Hall–Kier alpha value is -1.88. The van der Waals surface area contributed by atoms with Crippen LogP contribution in [0.5, 0.6) is 0 Å². The number of hydrogen-bond acceptors (Lipinski definition) is 3. The lowest BCUT2D eigenvalue weighted by molar-refractivity contribution is -0.144. The zero-order valence-electron chi connectivity index (χ0n) is 15.4. The van der Waals surface area contributed by atoms with Crippen molar-refractivity contribution in [2.75, 3.05) is 32.5 Å². The monoisotopic (exact) mass is 331 g/mol. The molecule has 0 spiro atoms. The summed E-state index contributed by atoms with van der Waals surface area (Å²) >= 11 is 0. The number of piperidine rings is 1. The van der Waals surface area contributed by atoms with Gasteiger partial charge in [0.25, 0.3) is 0 Å². The van der Waals surface area contributed by atoms with Crippen molar-refractivity contribution in [2.45, 2.75) is 45.6 Å². The molecule has 5 heteroatoms. The molecule has 2 amide bonds. The third-order valence-electron chi connectivity index (χ3n) is 4.92. The third kappa shape index (κ3) is 4.15. The lowest BCUT2D eigenvalue weighted by Crippen LogP contribution is -2.48. The van der Waals surface area contributed by atoms with Gasteiger partial charge in [-0.3, -0.25) is 9.59 Å². The number of carbonyl (C=O) groups is 2. The highest BCUT2D eigenvalue weighted by Crippen LogP contribution is 2.27. The Labute approximate surface area is 145 Å². The van der Waals surface area contributed by atoms with Crippen LogP contribution in [0.15, 0.2) is 18.2 Å². The van der Waals surface area contributed by atoms with Crippen molar-refractivity contribution in [3.63, 3.8) is 0 Å². The van der Waals surface area contributed by atoms with Crippen LogP contribution in [0.25, 0.3) is 0 Å². The van der Waals surface area contributed by atoms with E-state index in [0.29, 0.717) is 0 Å². The molecule has 132 valence electrons. The number of nitrogens with zero attached hydrogens (tertiary/aromatic N) is 2. The Morgan fingerprint density at radius 2 is 1.88 bits per heavy atom. The van der Waals surface area contributed by atoms with Gasteiger partial charge in [-0.15, -0.1) is 0 Å². The topological polar surface area (TPSA) is 52.7 Å². The molecule has 0 saturated carbocycles. The van der Waals surface area contributed by atoms with Gasteiger partial charge < -0.3 is 15.1 Å². The molecule has 1 fully saturated rings. The summed E-state index contributed by atoms with van der Waals surface area (Å²) in [7, 11) is 3.81. The molecule has 1 aliphatic rings. The minimum atomic E-state index is -0.548. The molecular formula is C19H29N3O2. The van der Waals surface area contributed by atoms with Crippen LogP contribution in [0.4, 0.5) is 5.69 Å². The lowest BCUT2D eigenvalue weighted by atomic mass is 9.98. The van der Waals surface area contributed by atoms with Crippen molar-refractivity contribution in [3.05, 3.63) is 29.3 Å². The molecule has 0 aromatic heterocycles. The summed E-state index contributed by atoms with van der Waals surface area (Å²) in [4.78, 5) is 28.9. The lowest BCUT2D eigenvalue weighted by Gasteiger charge is -2.34. The number of para-hydroxylation sites is 1. The highest BCUT2D eigenvalue weighted by molar-refractivity contribution is 6.39. The highest BCUT2D eigenvalue weighted by atomic mass is 16.2. The molecule has 5 nitrogen and oxygen atoms in total. The van der Waals surface area contributed by atoms with E-state index in [4.69, 9.17) is 0 Å². The number of aryl methyl sites for hydroxylation is 1. The fourth-order valence-electron chi connectivity index (χ4n) is 3.22. The fraction of sp³-hybridized carbons (Fsp3) is 0.579. The van der Waals surface area contributed by atoms with Gasteiger partial charge in [0, 0.05) is 18.8 Å². The first kappa shape index (κ1) is 18.5. The predicted molar refractivity (Wildman–Crippen MR) is 97.2 cm³/mol. The zero-order valence-corrected chi connectivity index (χ0v) is 15.4. The van der Waals surface area contributed by atoms with E-state index >= 15 is 0 Å². The molecule has 1 aliphatic heterocycles. The number of rotatable bonds is 3. The number of likely N-dealkylation sites (tertiary alicyclic amines) is 1. The maximum Gasteiger partial charge on any atom is 0.313 e. The molecule has 1 heterocycles. The fourth-order valence-corrected chi connectivity index (χ4v) is 3.22. The van der Waals surface area contributed by atoms with Crippen molar-refractivity contribution >= 4 is 17.5 Å². The van der Waals surface area contributed by atoms with E-state index < -0.39 is 11.8 Å². The van der Waals surface area contributed by atoms with Crippen LogP contribution in [0, 0.1) is 6.92 Å². The smallest absolute Gasteiger partial charge is 0.313 e. The maximum atomic E-state index is 12.5. The van der Waals surface area contributed by atoms with Crippen LogP contribution in [-0.2, 0) is 9.59 Å². The Balaban J connectivity index is 2.08. The number of likely N-dealkylation sites (N-methyl/N-ethyl adjacent to an activating group) is 1. The van der Waals surface area contributed by atoms with Crippen LogP contribution < -0.4 is 5.32 Å². The van der Waals surface area contributed by atoms with Crippen LogP contribution in [0.3, 0.4) is 0 Å². The second-order valence-corrected chi connectivity index (χ2v) is 7.10. The first-order valence-corrected chi connectivity index (χ1v) is 8.67. The zero-order chi connectivity index (χ0) is 17.9. The molecule has 1 aromatic rings. The van der Waals surface area contributed by atoms with E-state index in [-0.39, 0.29) is 12.0 Å². The quantitative estimate of drug-likeness (QED) is 0.866. The van der Waals surface area contributed by atoms with E-state index in [1.54, 1.807) is 11.9 Å². The minimum Gasteiger partial charge on any atom is -0.334 e.